The number of nitrogens with zero attached hydrogens (tertiary/aromatic N) is 1. The summed E-state index contributed by atoms with van der Waals surface area (Å²) < 4.78 is 12.7. The minimum atomic E-state index is -0.229. The van der Waals surface area contributed by atoms with Gasteiger partial charge >= 0.3 is 0 Å². The average Bonchev–Trinajstić information content (AvgIpc) is 2.34. The van der Waals surface area contributed by atoms with Crippen LogP contribution in [0.1, 0.15) is 31.4 Å². The molecule has 0 spiro atoms. The lowest BCUT2D eigenvalue weighted by Crippen LogP contribution is -2.21. The van der Waals surface area contributed by atoms with Gasteiger partial charge in [-0.3, -0.25) is 0 Å². The smallest absolute Gasteiger partial charge is 0.139 e. The fraction of sp³-hybridized carbons (Fsp3) is 0.417. The minimum absolute atomic E-state index is 0.155. The molecular weight excluding hydrogens is 221 g/mol. The van der Waals surface area contributed by atoms with Crippen LogP contribution in [0.4, 0.5) is 4.39 Å². The lowest BCUT2D eigenvalue weighted by Gasteiger charge is -2.13. The molecule has 4 N–H and O–H groups in total. The van der Waals surface area contributed by atoms with Gasteiger partial charge in [0, 0.05) is 12.5 Å². The molecule has 1 aromatic carbocycles. The molecule has 0 heterocycles. The minimum Gasteiger partial charge on any atom is -0.409 e. The number of nitrogens with two attached hydrogens (primary N) is 1. The molecule has 0 saturated carbocycles. The third-order valence-corrected chi connectivity index (χ3v) is 2.56. The average molecular weight is 239 g/mol. The van der Waals surface area contributed by atoms with Gasteiger partial charge in [-0.2, -0.15) is 0 Å². The van der Waals surface area contributed by atoms with Gasteiger partial charge in [0.2, 0.25) is 0 Å². The van der Waals surface area contributed by atoms with E-state index in [-0.39, 0.29) is 17.7 Å². The van der Waals surface area contributed by atoms with E-state index in [9.17, 15) is 4.39 Å². The Morgan fingerprint density at radius 2 is 2.12 bits per heavy atom. The van der Waals surface area contributed by atoms with E-state index in [0.717, 1.165) is 18.5 Å². The summed E-state index contributed by atoms with van der Waals surface area (Å²) >= 11 is 0. The Balaban J connectivity index is 2.30. The first-order valence-corrected chi connectivity index (χ1v) is 5.58. The molecule has 0 aliphatic carbocycles. The Hall–Kier alpha value is -1.62. The fourth-order valence-electron chi connectivity index (χ4n) is 1.51. The second-order valence-corrected chi connectivity index (χ2v) is 3.92. The summed E-state index contributed by atoms with van der Waals surface area (Å²) in [4.78, 5) is 0. The number of oxime groups is 1. The van der Waals surface area contributed by atoms with Crippen LogP contribution in [0.15, 0.2) is 29.4 Å². The SMILES string of the molecule is C[C@@H](NCCC/C(N)=N/O)c1ccc(F)cc1. The highest BCUT2D eigenvalue weighted by Crippen LogP contribution is 2.12. The predicted molar refractivity (Wildman–Crippen MR) is 65.5 cm³/mol. The number of nitrogens with one attached hydrogen (secondary N) is 1. The van der Waals surface area contributed by atoms with Crippen LogP contribution in [0.25, 0.3) is 0 Å². The predicted octanol–water partition coefficient (Wildman–Crippen LogP) is 2.00. The van der Waals surface area contributed by atoms with Crippen molar-refractivity contribution < 1.29 is 9.60 Å². The molecule has 0 saturated heterocycles. The molecule has 0 aromatic heterocycles. The molecule has 0 amide bonds. The molecule has 0 radical (unpaired) electrons. The van der Waals surface area contributed by atoms with Crippen molar-refractivity contribution in [3.05, 3.63) is 35.6 Å². The Labute approximate surface area is 100 Å². The zero-order valence-electron chi connectivity index (χ0n) is 9.86. The summed E-state index contributed by atoms with van der Waals surface area (Å²) in [6, 6.07) is 6.57. The molecule has 1 aromatic rings. The molecule has 4 nitrogen and oxygen atoms in total. The monoisotopic (exact) mass is 239 g/mol. The van der Waals surface area contributed by atoms with E-state index >= 15 is 0 Å². The van der Waals surface area contributed by atoms with E-state index < -0.39 is 0 Å². The summed E-state index contributed by atoms with van der Waals surface area (Å²) in [5, 5.41) is 14.5. The Kier molecular flexibility index (Phi) is 5.42. The first-order chi connectivity index (χ1) is 8.13. The van der Waals surface area contributed by atoms with Gasteiger partial charge in [-0.15, -0.1) is 0 Å². The third kappa shape index (κ3) is 4.82. The molecule has 94 valence electrons. The van der Waals surface area contributed by atoms with E-state index in [1.165, 1.54) is 12.1 Å². The van der Waals surface area contributed by atoms with Gasteiger partial charge in [0.05, 0.1) is 0 Å². The van der Waals surface area contributed by atoms with Gasteiger partial charge in [0.1, 0.15) is 11.7 Å². The summed E-state index contributed by atoms with van der Waals surface area (Å²) in [5.41, 5.74) is 6.39. The molecule has 1 atom stereocenters. The summed E-state index contributed by atoms with van der Waals surface area (Å²) in [5.74, 6) is 0.00844. The summed E-state index contributed by atoms with van der Waals surface area (Å²) in [7, 11) is 0. The third-order valence-electron chi connectivity index (χ3n) is 2.56. The molecule has 0 aliphatic rings. The molecule has 17 heavy (non-hydrogen) atoms. The van der Waals surface area contributed by atoms with Gasteiger partial charge in [-0.1, -0.05) is 17.3 Å². The Morgan fingerprint density at radius 1 is 1.47 bits per heavy atom. The van der Waals surface area contributed by atoms with Crippen molar-refractivity contribution >= 4 is 5.84 Å². The largest absolute Gasteiger partial charge is 0.409 e. The van der Waals surface area contributed by atoms with Crippen LogP contribution in [0, 0.1) is 5.82 Å². The molecule has 1 rings (SSSR count). The number of amidine groups is 1. The first kappa shape index (κ1) is 13.4. The van der Waals surface area contributed by atoms with Crippen LogP contribution in [-0.4, -0.2) is 17.6 Å². The normalized spacial score (nSPS) is 13.6. The Bertz CT molecular complexity index is 365. The van der Waals surface area contributed by atoms with Gasteiger partial charge in [-0.05, 0) is 37.6 Å². The van der Waals surface area contributed by atoms with Crippen LogP contribution in [-0.2, 0) is 0 Å². The van der Waals surface area contributed by atoms with E-state index in [2.05, 4.69) is 10.5 Å². The second kappa shape index (κ2) is 6.85. The van der Waals surface area contributed by atoms with Crippen molar-refractivity contribution in [2.24, 2.45) is 10.9 Å². The van der Waals surface area contributed by atoms with E-state index in [0.29, 0.717) is 6.42 Å². The highest BCUT2D eigenvalue weighted by molar-refractivity contribution is 5.79. The Morgan fingerprint density at radius 3 is 2.71 bits per heavy atom. The number of rotatable bonds is 6. The van der Waals surface area contributed by atoms with Crippen LogP contribution >= 0.6 is 0 Å². The van der Waals surface area contributed by atoms with E-state index in [1.807, 2.05) is 6.92 Å². The summed E-state index contributed by atoms with van der Waals surface area (Å²) in [6.07, 6.45) is 1.35. The molecular formula is C12H18FN3O. The van der Waals surface area contributed by atoms with Crippen molar-refractivity contribution in [1.82, 2.24) is 5.32 Å². The first-order valence-electron chi connectivity index (χ1n) is 5.58. The van der Waals surface area contributed by atoms with Gasteiger partial charge in [0.15, 0.2) is 0 Å². The van der Waals surface area contributed by atoms with Crippen molar-refractivity contribution in [3.8, 4) is 0 Å². The maximum atomic E-state index is 12.7. The number of halogens is 1. The van der Waals surface area contributed by atoms with Crippen LogP contribution in [0.2, 0.25) is 0 Å². The second-order valence-electron chi connectivity index (χ2n) is 3.92. The molecule has 5 heteroatoms. The maximum Gasteiger partial charge on any atom is 0.139 e. The van der Waals surface area contributed by atoms with Crippen LogP contribution in [0.5, 0.6) is 0 Å². The van der Waals surface area contributed by atoms with Crippen LogP contribution < -0.4 is 11.1 Å². The molecule has 0 bridgehead atoms. The number of benzene rings is 1. The molecule has 0 unspecified atom stereocenters. The lowest BCUT2D eigenvalue weighted by molar-refractivity contribution is 0.316. The highest BCUT2D eigenvalue weighted by atomic mass is 19.1. The maximum absolute atomic E-state index is 12.7. The van der Waals surface area contributed by atoms with Gasteiger partial charge in [-0.25, -0.2) is 4.39 Å². The summed E-state index contributed by atoms with van der Waals surface area (Å²) in [6.45, 7) is 2.77. The van der Waals surface area contributed by atoms with E-state index in [4.69, 9.17) is 10.9 Å². The highest BCUT2D eigenvalue weighted by Gasteiger charge is 2.04. The van der Waals surface area contributed by atoms with Gasteiger partial charge in [0.25, 0.3) is 0 Å². The number of hydrogen-bond acceptors (Lipinski definition) is 3. The van der Waals surface area contributed by atoms with Crippen molar-refractivity contribution in [2.75, 3.05) is 6.54 Å². The zero-order chi connectivity index (χ0) is 12.7. The zero-order valence-corrected chi connectivity index (χ0v) is 9.86. The van der Waals surface area contributed by atoms with E-state index in [1.54, 1.807) is 12.1 Å². The quantitative estimate of drug-likeness (QED) is 0.234. The molecule has 0 fully saturated rings. The standard InChI is InChI=1S/C12H18FN3O/c1-9(10-4-6-11(13)7-5-10)15-8-2-3-12(14)16-17/h4-7,9,15,17H,2-3,8H2,1H3,(H2,14,16)/t9-/m1/s1. The lowest BCUT2D eigenvalue weighted by atomic mass is 10.1. The van der Waals surface area contributed by atoms with Crippen molar-refractivity contribution in [1.29, 1.82) is 0 Å². The van der Waals surface area contributed by atoms with Crippen LogP contribution in [0.3, 0.4) is 0 Å². The number of hydrogen-bond donors (Lipinski definition) is 3. The fourth-order valence-corrected chi connectivity index (χ4v) is 1.51. The molecule has 0 aliphatic heterocycles. The van der Waals surface area contributed by atoms with Crippen molar-refractivity contribution in [3.63, 3.8) is 0 Å². The van der Waals surface area contributed by atoms with Crippen molar-refractivity contribution in [2.45, 2.75) is 25.8 Å². The topological polar surface area (TPSA) is 70.6 Å². The van der Waals surface area contributed by atoms with Gasteiger partial charge < -0.3 is 16.3 Å².